The Hall–Kier alpha value is -4.39. The number of primary amides is 1. The van der Waals surface area contributed by atoms with Gasteiger partial charge < -0.3 is 20.2 Å². The number of carbonyl (C=O) groups is 2. The number of nitrogens with one attached hydrogen (secondary N) is 1. The molecule has 180 valence electrons. The number of hydrogen-bond acceptors (Lipinski definition) is 8. The molecule has 0 atom stereocenters. The molecule has 3 aromatic heterocycles. The minimum Gasteiger partial charge on any atom is -0.479 e. The van der Waals surface area contributed by atoms with Crippen LogP contribution in [0.15, 0.2) is 46.9 Å². The number of alkyl halides is 2. The van der Waals surface area contributed by atoms with E-state index in [2.05, 4.69) is 10.3 Å². The molecule has 4 aromatic rings. The molecule has 2 amide bonds. The molecular formula is C22H16F2N4O6S. The summed E-state index contributed by atoms with van der Waals surface area (Å²) in [4.78, 5) is 39.2. The van der Waals surface area contributed by atoms with E-state index in [1.807, 2.05) is 0 Å². The van der Waals surface area contributed by atoms with Crippen LogP contribution in [0.5, 0.6) is 5.75 Å². The third-order valence-corrected chi connectivity index (χ3v) is 5.98. The van der Waals surface area contributed by atoms with Gasteiger partial charge in [-0.2, -0.15) is 0 Å². The molecule has 3 N–H and O–H groups in total. The number of nitro groups is 1. The molecule has 0 fully saturated rings. The highest BCUT2D eigenvalue weighted by Gasteiger charge is 2.24. The number of aryl methyl sites for hydroxylation is 1. The average Bonchev–Trinajstić information content (AvgIpc) is 3.43. The number of anilines is 1. The molecule has 0 saturated heterocycles. The van der Waals surface area contributed by atoms with Crippen molar-refractivity contribution < 1.29 is 32.4 Å². The Morgan fingerprint density at radius 3 is 2.71 bits per heavy atom. The van der Waals surface area contributed by atoms with Crippen molar-refractivity contribution in [2.75, 3.05) is 5.32 Å². The van der Waals surface area contributed by atoms with Crippen LogP contribution >= 0.6 is 11.3 Å². The van der Waals surface area contributed by atoms with Crippen LogP contribution in [0.3, 0.4) is 0 Å². The predicted molar refractivity (Wildman–Crippen MR) is 122 cm³/mol. The fourth-order valence-corrected chi connectivity index (χ4v) is 4.41. The van der Waals surface area contributed by atoms with Gasteiger partial charge in [0.05, 0.1) is 10.6 Å². The number of fused-ring (bicyclic) bond motifs is 1. The molecule has 3 heterocycles. The van der Waals surface area contributed by atoms with Gasteiger partial charge in [0.1, 0.15) is 27.8 Å². The molecule has 35 heavy (non-hydrogen) atoms. The van der Waals surface area contributed by atoms with E-state index in [-0.39, 0.29) is 45.0 Å². The Bertz CT molecular complexity index is 1470. The summed E-state index contributed by atoms with van der Waals surface area (Å²) in [5.41, 5.74) is 5.17. The number of nitrogens with zero attached hydrogens (tertiary/aromatic N) is 2. The summed E-state index contributed by atoms with van der Waals surface area (Å²) in [7, 11) is 0. The van der Waals surface area contributed by atoms with Gasteiger partial charge in [-0.15, -0.1) is 11.3 Å². The Balaban J connectivity index is 1.57. The number of hydrogen-bond donors (Lipinski definition) is 2. The van der Waals surface area contributed by atoms with E-state index >= 15 is 0 Å². The molecule has 0 aliphatic carbocycles. The van der Waals surface area contributed by atoms with Crippen molar-refractivity contribution in [3.05, 3.63) is 80.2 Å². The topological polar surface area (TPSA) is 151 Å². The van der Waals surface area contributed by atoms with Crippen molar-refractivity contribution in [3.63, 3.8) is 0 Å². The molecule has 0 saturated carbocycles. The first-order chi connectivity index (χ1) is 16.7. The number of amides is 2. The molecule has 0 spiro atoms. The molecule has 4 rings (SSSR count). The van der Waals surface area contributed by atoms with Gasteiger partial charge in [0.15, 0.2) is 11.5 Å². The van der Waals surface area contributed by atoms with Gasteiger partial charge in [-0.3, -0.25) is 19.7 Å². The SMILES string of the molecule is Cc1cc(C(F)F)nc2sc(C(N)=O)c(NC(=O)c3ccc(COc4ccccc4[N+](=O)[O-])o3)c12. The number of aromatic nitrogens is 1. The summed E-state index contributed by atoms with van der Waals surface area (Å²) in [6, 6.07) is 9.77. The van der Waals surface area contributed by atoms with Crippen molar-refractivity contribution in [2.24, 2.45) is 5.73 Å². The van der Waals surface area contributed by atoms with Crippen LogP contribution in [0, 0.1) is 17.0 Å². The van der Waals surface area contributed by atoms with Crippen LogP contribution in [-0.4, -0.2) is 21.7 Å². The van der Waals surface area contributed by atoms with E-state index in [1.54, 1.807) is 13.0 Å². The van der Waals surface area contributed by atoms with Crippen LogP contribution in [0.25, 0.3) is 10.2 Å². The third-order valence-electron chi connectivity index (χ3n) is 4.88. The number of nitro benzene ring substituents is 1. The second-order valence-electron chi connectivity index (χ2n) is 7.25. The smallest absolute Gasteiger partial charge is 0.310 e. The highest BCUT2D eigenvalue weighted by Crippen LogP contribution is 2.38. The fraction of sp³-hybridized carbons (Fsp3) is 0.136. The second kappa shape index (κ2) is 9.46. The largest absolute Gasteiger partial charge is 0.479 e. The lowest BCUT2D eigenvalue weighted by atomic mass is 10.1. The minimum atomic E-state index is -2.81. The lowest BCUT2D eigenvalue weighted by molar-refractivity contribution is -0.386. The van der Waals surface area contributed by atoms with Crippen LogP contribution in [0.1, 0.15) is 43.7 Å². The summed E-state index contributed by atoms with van der Waals surface area (Å²) < 4.78 is 37.2. The molecule has 0 aliphatic rings. The number of pyridine rings is 1. The summed E-state index contributed by atoms with van der Waals surface area (Å²) in [6.45, 7) is 1.36. The number of ether oxygens (including phenoxy) is 1. The third kappa shape index (κ3) is 4.80. The van der Waals surface area contributed by atoms with Crippen LogP contribution in [0.4, 0.5) is 20.2 Å². The lowest BCUT2D eigenvalue weighted by Gasteiger charge is -2.07. The van der Waals surface area contributed by atoms with Crippen LogP contribution in [-0.2, 0) is 6.61 Å². The van der Waals surface area contributed by atoms with E-state index in [0.29, 0.717) is 10.9 Å². The number of halogens is 2. The molecule has 0 bridgehead atoms. The van der Waals surface area contributed by atoms with Gasteiger partial charge in [0, 0.05) is 11.5 Å². The van der Waals surface area contributed by atoms with Gasteiger partial charge in [0.25, 0.3) is 18.2 Å². The monoisotopic (exact) mass is 502 g/mol. The highest BCUT2D eigenvalue weighted by atomic mass is 32.1. The van der Waals surface area contributed by atoms with Gasteiger partial charge in [-0.1, -0.05) is 12.1 Å². The van der Waals surface area contributed by atoms with E-state index in [4.69, 9.17) is 14.9 Å². The Morgan fingerprint density at radius 1 is 1.29 bits per heavy atom. The highest BCUT2D eigenvalue weighted by molar-refractivity contribution is 7.21. The number of thiophene rings is 1. The Morgan fingerprint density at radius 2 is 2.03 bits per heavy atom. The Labute approximate surface area is 199 Å². The molecule has 10 nitrogen and oxygen atoms in total. The maximum Gasteiger partial charge on any atom is 0.310 e. The van der Waals surface area contributed by atoms with E-state index < -0.39 is 28.9 Å². The Kier molecular flexibility index (Phi) is 6.42. The minimum absolute atomic E-state index is 0.0295. The molecule has 0 radical (unpaired) electrons. The maximum atomic E-state index is 13.1. The fourth-order valence-electron chi connectivity index (χ4n) is 3.34. The number of para-hydroxylation sites is 2. The van der Waals surface area contributed by atoms with Crippen LogP contribution in [0.2, 0.25) is 0 Å². The van der Waals surface area contributed by atoms with Crippen LogP contribution < -0.4 is 15.8 Å². The summed E-state index contributed by atoms with van der Waals surface area (Å²) >= 11 is 0.790. The number of carbonyl (C=O) groups excluding carboxylic acids is 2. The lowest BCUT2D eigenvalue weighted by Crippen LogP contribution is -2.16. The number of nitrogens with two attached hydrogens (primary N) is 1. The summed E-state index contributed by atoms with van der Waals surface area (Å²) in [6.07, 6.45) is -2.81. The number of benzene rings is 1. The molecule has 1 aromatic carbocycles. The van der Waals surface area contributed by atoms with Crippen molar-refractivity contribution in [1.29, 1.82) is 0 Å². The van der Waals surface area contributed by atoms with E-state index in [1.165, 1.54) is 36.4 Å². The number of furan rings is 1. The molecule has 0 unspecified atom stereocenters. The zero-order valence-electron chi connectivity index (χ0n) is 17.9. The quantitative estimate of drug-likeness (QED) is 0.255. The zero-order valence-corrected chi connectivity index (χ0v) is 18.7. The zero-order chi connectivity index (χ0) is 25.3. The van der Waals surface area contributed by atoms with Gasteiger partial charge in [-0.25, -0.2) is 13.8 Å². The van der Waals surface area contributed by atoms with E-state index in [9.17, 15) is 28.5 Å². The number of rotatable bonds is 8. The average molecular weight is 502 g/mol. The second-order valence-corrected chi connectivity index (χ2v) is 8.25. The van der Waals surface area contributed by atoms with Crippen molar-refractivity contribution in [1.82, 2.24) is 4.98 Å². The van der Waals surface area contributed by atoms with Gasteiger partial charge in [0.2, 0.25) is 0 Å². The molecular weight excluding hydrogens is 486 g/mol. The van der Waals surface area contributed by atoms with E-state index in [0.717, 1.165) is 11.3 Å². The normalized spacial score (nSPS) is 11.1. The molecule has 13 heteroatoms. The van der Waals surface area contributed by atoms with Crippen molar-refractivity contribution in [3.8, 4) is 5.75 Å². The van der Waals surface area contributed by atoms with Gasteiger partial charge >= 0.3 is 5.69 Å². The van der Waals surface area contributed by atoms with Crippen molar-refractivity contribution >= 4 is 44.7 Å². The first-order valence-corrected chi connectivity index (χ1v) is 10.8. The standard InChI is InChI=1S/C22H16F2N4O6S/c1-10-8-12(19(23)24)26-22-16(10)17(18(35-22)20(25)29)27-21(30)15-7-6-11(34-15)9-33-14-5-3-2-4-13(14)28(31)32/h2-8,19H,9H2,1H3,(H2,25,29)(H,27,30). The predicted octanol–water partition coefficient (Wildman–Crippen LogP) is 4.97. The first-order valence-electron chi connectivity index (χ1n) is 9.94. The maximum absolute atomic E-state index is 13.1. The summed E-state index contributed by atoms with van der Waals surface area (Å²) in [5.74, 6) is -1.50. The van der Waals surface area contributed by atoms with Gasteiger partial charge in [-0.05, 0) is 36.8 Å². The first kappa shape index (κ1) is 23.8. The molecule has 0 aliphatic heterocycles. The van der Waals surface area contributed by atoms with Crippen molar-refractivity contribution in [2.45, 2.75) is 20.0 Å². The summed E-state index contributed by atoms with van der Waals surface area (Å²) in [5, 5.41) is 14.0.